The molecule has 1 amide bonds. The molecule has 1 aromatic heterocycles. The number of hydrogen-bond donors (Lipinski definition) is 0. The number of amides is 1. The van der Waals surface area contributed by atoms with E-state index < -0.39 is 46.8 Å². The highest BCUT2D eigenvalue weighted by Gasteiger charge is 2.55. The topological polar surface area (TPSA) is 78.7 Å². The summed E-state index contributed by atoms with van der Waals surface area (Å²) in [5, 5.41) is 7.94. The van der Waals surface area contributed by atoms with Crippen molar-refractivity contribution in [2.45, 2.75) is 55.9 Å². The first kappa shape index (κ1) is 32.4. The Hall–Kier alpha value is -4.59. The van der Waals surface area contributed by atoms with E-state index in [0.29, 0.717) is 30.1 Å². The number of likely N-dealkylation sites (tertiary alicyclic amines) is 1. The van der Waals surface area contributed by atoms with Gasteiger partial charge in [0.15, 0.2) is 0 Å². The van der Waals surface area contributed by atoms with Gasteiger partial charge in [0.25, 0.3) is 0 Å². The molecular weight excluding hydrogens is 630 g/mol. The molecule has 3 aromatic carbocycles. The molecule has 2 aliphatic rings. The van der Waals surface area contributed by atoms with Crippen LogP contribution in [0, 0.1) is 0 Å². The third kappa shape index (κ3) is 6.38. The molecule has 0 unspecified atom stereocenters. The summed E-state index contributed by atoms with van der Waals surface area (Å²) < 4.78 is 101. The van der Waals surface area contributed by atoms with E-state index >= 15 is 0 Å². The van der Waals surface area contributed by atoms with Crippen LogP contribution in [0.25, 0.3) is 0 Å². The molecule has 14 heteroatoms. The maximum Gasteiger partial charge on any atom is 0.416 e. The summed E-state index contributed by atoms with van der Waals surface area (Å²) in [5.74, 6) is 0. The predicted molar refractivity (Wildman–Crippen MR) is 155 cm³/mol. The maximum absolute atomic E-state index is 14.1. The lowest BCUT2D eigenvalue weighted by Crippen LogP contribution is -2.63. The summed E-state index contributed by atoms with van der Waals surface area (Å²) in [6, 6.07) is 19.7. The molecule has 0 radical (unpaired) electrons. The number of hydrogen-bond acceptors (Lipinski definition) is 6. The Balaban J connectivity index is 1.36. The number of piperidine rings is 1. The molecule has 4 aromatic rings. The van der Waals surface area contributed by atoms with E-state index in [1.54, 1.807) is 47.0 Å². The van der Waals surface area contributed by atoms with Crippen LogP contribution >= 0.6 is 0 Å². The van der Waals surface area contributed by atoms with Crippen molar-refractivity contribution in [3.8, 4) is 6.01 Å². The van der Waals surface area contributed by atoms with Gasteiger partial charge in [-0.1, -0.05) is 65.8 Å². The zero-order valence-electron chi connectivity index (χ0n) is 25.1. The van der Waals surface area contributed by atoms with Crippen molar-refractivity contribution < 1.29 is 45.3 Å². The molecule has 8 nitrogen and oxygen atoms in total. The first-order valence-corrected chi connectivity index (χ1v) is 14.8. The number of benzene rings is 3. The van der Waals surface area contributed by atoms with E-state index in [-0.39, 0.29) is 44.4 Å². The Labute approximate surface area is 265 Å². The second kappa shape index (κ2) is 12.2. The van der Waals surface area contributed by atoms with Gasteiger partial charge in [0.1, 0.15) is 25.1 Å². The smallest absolute Gasteiger partial charge is 0.416 e. The number of nitrogens with zero attached hydrogens (tertiary/aromatic N) is 4. The number of alkyl halides is 6. The average molecular weight is 661 g/mol. The van der Waals surface area contributed by atoms with Gasteiger partial charge in [-0.15, -0.1) is 5.10 Å². The van der Waals surface area contributed by atoms with Gasteiger partial charge < -0.3 is 14.2 Å². The van der Waals surface area contributed by atoms with Crippen LogP contribution < -0.4 is 4.74 Å². The fraction of sp³-hybridized carbons (Fsp3) is 0.364. The number of ether oxygens (including phenoxy) is 3. The number of rotatable bonds is 7. The molecule has 0 bridgehead atoms. The molecule has 1 spiro atoms. The highest BCUT2D eigenvalue weighted by atomic mass is 19.4. The largest absolute Gasteiger partial charge is 0.461 e. The number of halogens is 6. The fourth-order valence-corrected chi connectivity index (χ4v) is 6.22. The fourth-order valence-electron chi connectivity index (χ4n) is 6.22. The van der Waals surface area contributed by atoms with Gasteiger partial charge in [-0.2, -0.15) is 26.3 Å². The van der Waals surface area contributed by atoms with Gasteiger partial charge in [-0.25, -0.2) is 4.79 Å². The van der Waals surface area contributed by atoms with Crippen LogP contribution in [0.1, 0.15) is 53.7 Å². The Morgan fingerprint density at radius 2 is 1.57 bits per heavy atom. The lowest BCUT2D eigenvalue weighted by molar-refractivity contribution is -0.143. The van der Waals surface area contributed by atoms with Crippen LogP contribution in [0.5, 0.6) is 6.01 Å². The van der Waals surface area contributed by atoms with E-state index in [2.05, 4.69) is 10.2 Å². The van der Waals surface area contributed by atoms with Crippen molar-refractivity contribution in [1.82, 2.24) is 19.7 Å². The van der Waals surface area contributed by atoms with Crippen LogP contribution in [0.15, 0.2) is 85.2 Å². The van der Waals surface area contributed by atoms with E-state index in [0.717, 1.165) is 5.56 Å². The van der Waals surface area contributed by atoms with E-state index in [4.69, 9.17) is 14.2 Å². The Morgan fingerprint density at radius 1 is 0.936 bits per heavy atom. The normalized spacial score (nSPS) is 21.7. The lowest BCUT2D eigenvalue weighted by Gasteiger charge is -2.52. The van der Waals surface area contributed by atoms with E-state index in [9.17, 15) is 31.1 Å². The third-order valence-corrected chi connectivity index (χ3v) is 8.86. The minimum absolute atomic E-state index is 0.0376. The standard InChI is InChI=1S/C33H30F6N4O4/c1-22(24-14-26(32(34,35)36)16-27(15-24)33(37,38)39)46-20-31(25-10-6-3-7-11-25)13-12-30(19-47-28-41-40-21-43(28)30)18-42(31)29(44)45-17-23-8-4-2-5-9-23/h2-11,14-16,21-22H,12-13,17-20H2,1H3/t22-,30+,31-/m1/s1. The zero-order valence-corrected chi connectivity index (χ0v) is 25.1. The SMILES string of the molecule is C[C@@H](OC[C@@]1(c2ccccc2)CC[C@@]2(COc3nncn32)CN1C(=O)OCc1ccccc1)c1cc(C(F)(F)F)cc(C(F)(F)F)c1. The number of fused-ring (bicyclic) bond motifs is 2. The molecule has 3 heterocycles. The molecular formula is C33H30F6N4O4. The summed E-state index contributed by atoms with van der Waals surface area (Å²) in [5.41, 5.74) is -3.75. The first-order valence-electron chi connectivity index (χ1n) is 14.8. The molecule has 0 aliphatic carbocycles. The summed E-state index contributed by atoms with van der Waals surface area (Å²) >= 11 is 0. The van der Waals surface area contributed by atoms with Crippen LogP contribution in [-0.4, -0.2) is 45.5 Å². The highest BCUT2D eigenvalue weighted by molar-refractivity contribution is 5.70. The van der Waals surface area contributed by atoms with E-state index in [1.165, 1.54) is 18.2 Å². The predicted octanol–water partition coefficient (Wildman–Crippen LogP) is 7.51. The highest BCUT2D eigenvalue weighted by Crippen LogP contribution is 2.48. The number of carbonyl (C=O) groups excluding carboxylic acids is 1. The summed E-state index contributed by atoms with van der Waals surface area (Å²) in [6.45, 7) is 1.35. The summed E-state index contributed by atoms with van der Waals surface area (Å²) in [7, 11) is 0. The first-order chi connectivity index (χ1) is 22.3. The van der Waals surface area contributed by atoms with Crippen molar-refractivity contribution in [3.63, 3.8) is 0 Å². The summed E-state index contributed by atoms with van der Waals surface area (Å²) in [4.78, 5) is 15.6. The molecule has 3 atom stereocenters. The molecule has 2 aliphatic heterocycles. The second-order valence-electron chi connectivity index (χ2n) is 11.8. The zero-order chi connectivity index (χ0) is 33.5. The van der Waals surface area contributed by atoms with Gasteiger partial charge in [-0.05, 0) is 54.7 Å². The van der Waals surface area contributed by atoms with Crippen molar-refractivity contribution in [2.24, 2.45) is 0 Å². The molecule has 6 rings (SSSR count). The Kier molecular flexibility index (Phi) is 8.41. The van der Waals surface area contributed by atoms with Crippen molar-refractivity contribution in [2.75, 3.05) is 19.8 Å². The maximum atomic E-state index is 14.1. The third-order valence-electron chi connectivity index (χ3n) is 8.86. The average Bonchev–Trinajstić information content (AvgIpc) is 3.67. The van der Waals surface area contributed by atoms with Crippen molar-refractivity contribution >= 4 is 6.09 Å². The van der Waals surface area contributed by atoms with Gasteiger partial charge >= 0.3 is 24.5 Å². The molecule has 0 saturated carbocycles. The second-order valence-corrected chi connectivity index (χ2v) is 11.8. The van der Waals surface area contributed by atoms with Gasteiger partial charge in [0, 0.05) is 0 Å². The van der Waals surface area contributed by atoms with Gasteiger partial charge in [0.2, 0.25) is 0 Å². The van der Waals surface area contributed by atoms with Crippen LogP contribution in [0.3, 0.4) is 0 Å². The lowest BCUT2D eigenvalue weighted by atomic mass is 9.75. The quantitative estimate of drug-likeness (QED) is 0.191. The minimum atomic E-state index is -5.01. The molecule has 1 fully saturated rings. The molecule has 0 N–H and O–H groups in total. The molecule has 47 heavy (non-hydrogen) atoms. The van der Waals surface area contributed by atoms with Crippen LogP contribution in [0.2, 0.25) is 0 Å². The Morgan fingerprint density at radius 3 is 2.21 bits per heavy atom. The monoisotopic (exact) mass is 660 g/mol. The van der Waals surface area contributed by atoms with Gasteiger partial charge in [-0.3, -0.25) is 9.47 Å². The molecule has 248 valence electrons. The van der Waals surface area contributed by atoms with Crippen LogP contribution in [0.4, 0.5) is 31.1 Å². The molecule has 1 saturated heterocycles. The van der Waals surface area contributed by atoms with Gasteiger partial charge in [0.05, 0.1) is 35.9 Å². The van der Waals surface area contributed by atoms with E-state index in [1.807, 2.05) is 18.2 Å². The number of aromatic nitrogens is 3. The van der Waals surface area contributed by atoms with Crippen molar-refractivity contribution in [3.05, 3.63) is 113 Å². The Bertz CT molecular complexity index is 1680. The summed E-state index contributed by atoms with van der Waals surface area (Å²) in [6.07, 6.45) is -9.67. The van der Waals surface area contributed by atoms with Crippen LogP contribution in [-0.2, 0) is 39.5 Å². The van der Waals surface area contributed by atoms with Crippen molar-refractivity contribution in [1.29, 1.82) is 0 Å². The minimum Gasteiger partial charge on any atom is -0.461 e. The number of carbonyl (C=O) groups is 1.